The van der Waals surface area contributed by atoms with E-state index in [1.807, 2.05) is 4.90 Å². The van der Waals surface area contributed by atoms with Crippen LogP contribution in [0.25, 0.3) is 17.3 Å². The van der Waals surface area contributed by atoms with E-state index >= 15 is 0 Å². The zero-order valence-corrected chi connectivity index (χ0v) is 18.7. The van der Waals surface area contributed by atoms with Crippen molar-refractivity contribution in [2.24, 2.45) is 0 Å². The number of ether oxygens (including phenoxy) is 1. The number of benzene rings is 1. The number of hydrogen-bond acceptors (Lipinski definition) is 4. The summed E-state index contributed by atoms with van der Waals surface area (Å²) in [6.07, 6.45) is 4.09. The summed E-state index contributed by atoms with van der Waals surface area (Å²) in [5.41, 5.74) is 8.42. The maximum absolute atomic E-state index is 13.4. The lowest BCUT2D eigenvalue weighted by Gasteiger charge is -2.26. The second-order valence-corrected chi connectivity index (χ2v) is 9.38. The highest BCUT2D eigenvalue weighted by Crippen LogP contribution is 2.34. The van der Waals surface area contributed by atoms with Gasteiger partial charge in [-0.3, -0.25) is 14.8 Å². The average molecular weight is 440 g/mol. The molecular formula is C26H31F2N3O. The number of nitrogens with zero attached hydrogens (tertiary/aromatic N) is 3. The molecule has 3 heterocycles. The van der Waals surface area contributed by atoms with E-state index in [2.05, 4.69) is 48.2 Å². The molecule has 2 fully saturated rings. The summed E-state index contributed by atoms with van der Waals surface area (Å²) in [5.74, 6) is -2.52. The van der Waals surface area contributed by atoms with Crippen LogP contribution in [0.15, 0.2) is 35.9 Å². The first-order chi connectivity index (χ1) is 15.4. The van der Waals surface area contributed by atoms with E-state index in [0.717, 1.165) is 62.6 Å². The van der Waals surface area contributed by atoms with Crippen LogP contribution < -0.4 is 0 Å². The van der Waals surface area contributed by atoms with E-state index in [-0.39, 0.29) is 13.0 Å². The third-order valence-corrected chi connectivity index (χ3v) is 6.76. The first kappa shape index (κ1) is 21.7. The predicted molar refractivity (Wildman–Crippen MR) is 123 cm³/mol. The van der Waals surface area contributed by atoms with Crippen molar-refractivity contribution in [2.75, 3.05) is 52.5 Å². The fourth-order valence-corrected chi connectivity index (χ4v) is 5.04. The third-order valence-electron chi connectivity index (χ3n) is 6.76. The Morgan fingerprint density at radius 2 is 1.84 bits per heavy atom. The number of pyridine rings is 1. The van der Waals surface area contributed by atoms with Gasteiger partial charge in [-0.25, -0.2) is 8.78 Å². The lowest BCUT2D eigenvalue weighted by molar-refractivity contribution is 0.0123. The monoisotopic (exact) mass is 439 g/mol. The number of morpholine rings is 1. The summed E-state index contributed by atoms with van der Waals surface area (Å²) in [4.78, 5) is 9.21. The van der Waals surface area contributed by atoms with Crippen LogP contribution in [-0.2, 0) is 17.6 Å². The smallest absolute Gasteiger partial charge is 0.261 e. The number of aromatic nitrogens is 1. The van der Waals surface area contributed by atoms with Crippen LogP contribution in [0, 0.1) is 6.92 Å². The molecule has 4 nitrogen and oxygen atoms in total. The Labute approximate surface area is 188 Å². The Morgan fingerprint density at radius 1 is 1.06 bits per heavy atom. The second-order valence-electron chi connectivity index (χ2n) is 9.38. The molecule has 170 valence electrons. The van der Waals surface area contributed by atoms with Gasteiger partial charge in [-0.1, -0.05) is 35.9 Å². The van der Waals surface area contributed by atoms with Crippen molar-refractivity contribution in [3.8, 4) is 11.3 Å². The van der Waals surface area contributed by atoms with Crippen LogP contribution in [0.4, 0.5) is 8.78 Å². The fourth-order valence-electron chi connectivity index (χ4n) is 5.04. The highest BCUT2D eigenvalue weighted by molar-refractivity contribution is 5.78. The van der Waals surface area contributed by atoms with E-state index in [9.17, 15) is 8.78 Å². The van der Waals surface area contributed by atoms with E-state index in [1.165, 1.54) is 22.3 Å². The molecule has 2 aromatic rings. The SMILES string of the molecule is Cc1cc2c(c(-c3ccc(CCN4CCC(F)(F)C4)cc3)n1)C=C(CN1CCOCC1)C2. The zero-order chi connectivity index (χ0) is 22.1. The van der Waals surface area contributed by atoms with Crippen LogP contribution in [0.1, 0.15) is 28.8 Å². The molecule has 6 heteroatoms. The van der Waals surface area contributed by atoms with Crippen LogP contribution in [0.5, 0.6) is 0 Å². The molecule has 2 saturated heterocycles. The quantitative estimate of drug-likeness (QED) is 0.674. The van der Waals surface area contributed by atoms with E-state index in [1.54, 1.807) is 0 Å². The van der Waals surface area contributed by atoms with Crippen molar-refractivity contribution in [2.45, 2.75) is 32.1 Å². The molecule has 0 bridgehead atoms. The van der Waals surface area contributed by atoms with Crippen LogP contribution in [0.3, 0.4) is 0 Å². The largest absolute Gasteiger partial charge is 0.379 e. The van der Waals surface area contributed by atoms with Gasteiger partial charge >= 0.3 is 0 Å². The highest BCUT2D eigenvalue weighted by Gasteiger charge is 2.37. The topological polar surface area (TPSA) is 28.6 Å². The first-order valence-corrected chi connectivity index (χ1v) is 11.6. The number of rotatable bonds is 6. The molecule has 1 aromatic carbocycles. The molecule has 0 spiro atoms. The number of hydrogen-bond donors (Lipinski definition) is 0. The molecular weight excluding hydrogens is 408 g/mol. The van der Waals surface area contributed by atoms with Crippen molar-refractivity contribution < 1.29 is 13.5 Å². The van der Waals surface area contributed by atoms with Crippen molar-refractivity contribution in [3.63, 3.8) is 0 Å². The van der Waals surface area contributed by atoms with E-state index in [0.29, 0.717) is 13.1 Å². The van der Waals surface area contributed by atoms with Gasteiger partial charge in [0.15, 0.2) is 0 Å². The Bertz CT molecular complexity index is 997. The number of aryl methyl sites for hydroxylation is 1. The zero-order valence-electron chi connectivity index (χ0n) is 18.7. The molecule has 0 amide bonds. The maximum atomic E-state index is 13.4. The molecule has 1 aliphatic carbocycles. The Morgan fingerprint density at radius 3 is 2.56 bits per heavy atom. The maximum Gasteiger partial charge on any atom is 0.261 e. The van der Waals surface area contributed by atoms with Crippen molar-refractivity contribution >= 4 is 6.08 Å². The lowest BCUT2D eigenvalue weighted by atomic mass is 10.0. The van der Waals surface area contributed by atoms with Gasteiger partial charge in [-0.2, -0.15) is 0 Å². The van der Waals surface area contributed by atoms with Gasteiger partial charge in [0.2, 0.25) is 0 Å². The normalized spacial score (nSPS) is 21.0. The Hall–Kier alpha value is -2.15. The average Bonchev–Trinajstić information content (AvgIpc) is 3.34. The van der Waals surface area contributed by atoms with Gasteiger partial charge in [0, 0.05) is 56.0 Å². The highest BCUT2D eigenvalue weighted by atomic mass is 19.3. The summed E-state index contributed by atoms with van der Waals surface area (Å²) in [6, 6.07) is 10.7. The van der Waals surface area contributed by atoms with Crippen molar-refractivity contribution in [1.82, 2.24) is 14.8 Å². The van der Waals surface area contributed by atoms with E-state index < -0.39 is 5.92 Å². The number of fused-ring (bicyclic) bond motifs is 1. The van der Waals surface area contributed by atoms with Gasteiger partial charge in [0.1, 0.15) is 0 Å². The van der Waals surface area contributed by atoms with Crippen LogP contribution >= 0.6 is 0 Å². The predicted octanol–water partition coefficient (Wildman–Crippen LogP) is 4.21. The minimum atomic E-state index is -2.52. The Kier molecular flexibility index (Phi) is 6.10. The van der Waals surface area contributed by atoms with Gasteiger partial charge in [0.25, 0.3) is 5.92 Å². The molecule has 0 atom stereocenters. The summed E-state index contributed by atoms with van der Waals surface area (Å²) in [7, 11) is 0. The number of alkyl halides is 2. The summed E-state index contributed by atoms with van der Waals surface area (Å²) in [6.45, 7) is 7.74. The second kappa shape index (κ2) is 9.00. The molecule has 1 aromatic heterocycles. The molecule has 3 aliphatic rings. The fraction of sp³-hybridized carbons (Fsp3) is 0.500. The summed E-state index contributed by atoms with van der Waals surface area (Å²) < 4.78 is 32.3. The van der Waals surface area contributed by atoms with Gasteiger partial charge in [0.05, 0.1) is 25.5 Å². The Balaban J connectivity index is 1.29. The first-order valence-electron chi connectivity index (χ1n) is 11.6. The van der Waals surface area contributed by atoms with Crippen molar-refractivity contribution in [3.05, 3.63) is 58.3 Å². The molecule has 0 N–H and O–H groups in total. The minimum Gasteiger partial charge on any atom is -0.379 e. The minimum absolute atomic E-state index is 0.0167. The lowest BCUT2D eigenvalue weighted by Crippen LogP contribution is -2.37. The molecule has 0 saturated carbocycles. The standard InChI is InChI=1S/C26H31F2N3O/c1-19-14-23-15-21(17-30-10-12-32-13-11-30)16-24(23)25(29-19)22-4-2-20(3-5-22)6-8-31-9-7-26(27,28)18-31/h2-5,14,16H,6-13,15,17-18H2,1H3. The number of likely N-dealkylation sites (tertiary alicyclic amines) is 1. The molecule has 0 unspecified atom stereocenters. The van der Waals surface area contributed by atoms with Crippen LogP contribution in [-0.4, -0.2) is 73.2 Å². The summed E-state index contributed by atoms with van der Waals surface area (Å²) >= 11 is 0. The summed E-state index contributed by atoms with van der Waals surface area (Å²) in [5, 5.41) is 0. The van der Waals surface area contributed by atoms with Gasteiger partial charge in [-0.15, -0.1) is 0 Å². The third kappa shape index (κ3) is 4.92. The molecule has 2 aliphatic heterocycles. The number of halogens is 2. The van der Waals surface area contributed by atoms with Crippen molar-refractivity contribution in [1.29, 1.82) is 0 Å². The van der Waals surface area contributed by atoms with E-state index in [4.69, 9.17) is 9.72 Å². The molecule has 5 rings (SSSR count). The van der Waals surface area contributed by atoms with Crippen LogP contribution in [0.2, 0.25) is 0 Å². The van der Waals surface area contributed by atoms with Gasteiger partial charge < -0.3 is 4.74 Å². The molecule has 32 heavy (non-hydrogen) atoms. The molecule has 0 radical (unpaired) electrons. The van der Waals surface area contributed by atoms with Gasteiger partial charge in [-0.05, 0) is 37.0 Å².